The minimum absolute atomic E-state index is 0.152. The van der Waals surface area contributed by atoms with E-state index in [0.717, 1.165) is 27.8 Å². The second-order valence-corrected chi connectivity index (χ2v) is 8.24. The van der Waals surface area contributed by atoms with Crippen molar-refractivity contribution in [3.63, 3.8) is 0 Å². The number of benzene rings is 3. The van der Waals surface area contributed by atoms with Gasteiger partial charge in [0, 0.05) is 34.8 Å². The number of amides is 1. The van der Waals surface area contributed by atoms with E-state index in [2.05, 4.69) is 4.98 Å². The van der Waals surface area contributed by atoms with E-state index in [1.165, 1.54) is 0 Å². The zero-order valence-corrected chi connectivity index (χ0v) is 18.2. The summed E-state index contributed by atoms with van der Waals surface area (Å²) in [5.41, 5.74) is 3.75. The number of methoxy groups -OCH3 is 1. The van der Waals surface area contributed by atoms with Gasteiger partial charge < -0.3 is 19.7 Å². The molecule has 0 saturated heterocycles. The maximum absolute atomic E-state index is 13.7. The van der Waals surface area contributed by atoms with E-state index in [0.29, 0.717) is 24.1 Å². The van der Waals surface area contributed by atoms with Gasteiger partial charge in [-0.3, -0.25) is 9.59 Å². The smallest absolute Gasteiger partial charge is 0.313 e. The van der Waals surface area contributed by atoms with Crippen LogP contribution in [-0.4, -0.2) is 40.5 Å². The Bertz CT molecular complexity index is 1340. The van der Waals surface area contributed by atoms with Crippen molar-refractivity contribution in [1.29, 1.82) is 0 Å². The van der Waals surface area contributed by atoms with Crippen LogP contribution >= 0.6 is 0 Å². The Balaban J connectivity index is 1.62. The number of carboxylic acid groups (broad SMARTS) is 1. The highest BCUT2D eigenvalue weighted by Gasteiger charge is 2.44. The van der Waals surface area contributed by atoms with Crippen LogP contribution in [0.25, 0.3) is 10.9 Å². The van der Waals surface area contributed by atoms with E-state index in [-0.39, 0.29) is 5.91 Å². The van der Waals surface area contributed by atoms with Gasteiger partial charge in [0.15, 0.2) is 0 Å². The van der Waals surface area contributed by atoms with Crippen molar-refractivity contribution in [3.8, 4) is 5.75 Å². The fourth-order valence-corrected chi connectivity index (χ4v) is 4.87. The maximum Gasteiger partial charge on any atom is 0.313 e. The van der Waals surface area contributed by atoms with Crippen LogP contribution in [0.2, 0.25) is 0 Å². The Morgan fingerprint density at radius 1 is 1.03 bits per heavy atom. The third-order valence-electron chi connectivity index (χ3n) is 6.42. The molecule has 6 heteroatoms. The van der Waals surface area contributed by atoms with Crippen LogP contribution in [0, 0.1) is 0 Å². The van der Waals surface area contributed by atoms with Gasteiger partial charge in [0.2, 0.25) is 0 Å². The number of H-pyrrole nitrogens is 1. The number of rotatable bonds is 6. The SMILES string of the molecule is COc1cccc(CCN2C(=O)c3ccccc3C(C(=O)O)C2c2c[nH]c3ccccc23)c1. The number of ether oxygens (including phenoxy) is 1. The van der Waals surface area contributed by atoms with Crippen molar-refractivity contribution >= 4 is 22.8 Å². The minimum atomic E-state index is -0.948. The van der Waals surface area contributed by atoms with Crippen LogP contribution in [0.5, 0.6) is 5.75 Å². The van der Waals surface area contributed by atoms with Gasteiger partial charge in [-0.15, -0.1) is 0 Å². The highest BCUT2D eigenvalue weighted by Crippen LogP contribution is 2.44. The van der Waals surface area contributed by atoms with Crippen molar-refractivity contribution in [2.45, 2.75) is 18.4 Å². The van der Waals surface area contributed by atoms with E-state index in [4.69, 9.17) is 4.74 Å². The van der Waals surface area contributed by atoms with Gasteiger partial charge in [0.25, 0.3) is 5.91 Å². The molecule has 1 aliphatic rings. The van der Waals surface area contributed by atoms with Crippen LogP contribution in [0.4, 0.5) is 0 Å². The van der Waals surface area contributed by atoms with Gasteiger partial charge in [-0.05, 0) is 41.8 Å². The van der Waals surface area contributed by atoms with Crippen LogP contribution < -0.4 is 4.74 Å². The zero-order chi connectivity index (χ0) is 22.9. The van der Waals surface area contributed by atoms with Crippen LogP contribution in [0.15, 0.2) is 79.0 Å². The number of aliphatic carboxylic acids is 1. The van der Waals surface area contributed by atoms with E-state index < -0.39 is 17.9 Å². The Labute approximate surface area is 191 Å². The van der Waals surface area contributed by atoms with Crippen molar-refractivity contribution < 1.29 is 19.4 Å². The van der Waals surface area contributed by atoms with E-state index in [1.54, 1.807) is 36.3 Å². The molecular formula is C27H24N2O4. The number of aromatic nitrogens is 1. The first-order chi connectivity index (χ1) is 16.1. The number of hydrogen-bond donors (Lipinski definition) is 2. The number of aromatic amines is 1. The molecule has 2 unspecified atom stereocenters. The molecule has 2 atom stereocenters. The maximum atomic E-state index is 13.7. The summed E-state index contributed by atoms with van der Waals surface area (Å²) in [6.45, 7) is 0.383. The van der Waals surface area contributed by atoms with Gasteiger partial charge >= 0.3 is 5.97 Å². The van der Waals surface area contributed by atoms with Gasteiger partial charge in [-0.25, -0.2) is 0 Å². The molecule has 0 bridgehead atoms. The molecule has 0 aliphatic carbocycles. The number of carboxylic acids is 1. The molecule has 5 rings (SSSR count). The van der Waals surface area contributed by atoms with Gasteiger partial charge in [0.05, 0.1) is 13.2 Å². The molecule has 1 aromatic heterocycles. The Kier molecular flexibility index (Phi) is 5.34. The van der Waals surface area contributed by atoms with Crippen LogP contribution in [0.3, 0.4) is 0 Å². The quantitative estimate of drug-likeness (QED) is 0.452. The summed E-state index contributed by atoms with van der Waals surface area (Å²) in [7, 11) is 1.62. The number of carbonyl (C=O) groups is 2. The van der Waals surface area contributed by atoms with Gasteiger partial charge in [-0.1, -0.05) is 48.5 Å². The second kappa shape index (κ2) is 8.47. The number of fused-ring (bicyclic) bond motifs is 2. The molecule has 0 spiro atoms. The molecule has 1 amide bonds. The highest BCUT2D eigenvalue weighted by molar-refractivity contribution is 6.01. The first-order valence-electron chi connectivity index (χ1n) is 10.9. The second-order valence-electron chi connectivity index (χ2n) is 8.24. The number of para-hydroxylation sites is 1. The molecule has 0 radical (unpaired) electrons. The van der Waals surface area contributed by atoms with Gasteiger partial charge in [-0.2, -0.15) is 0 Å². The topological polar surface area (TPSA) is 82.6 Å². The van der Waals surface area contributed by atoms with Crippen LogP contribution in [0.1, 0.15) is 39.0 Å². The predicted molar refractivity (Wildman–Crippen MR) is 126 cm³/mol. The first-order valence-corrected chi connectivity index (χ1v) is 10.9. The highest BCUT2D eigenvalue weighted by atomic mass is 16.5. The molecule has 0 saturated carbocycles. The monoisotopic (exact) mass is 440 g/mol. The number of carbonyl (C=O) groups excluding carboxylic acids is 1. The molecular weight excluding hydrogens is 416 g/mol. The molecule has 1 aliphatic heterocycles. The summed E-state index contributed by atoms with van der Waals surface area (Å²) in [6, 6.07) is 21.9. The lowest BCUT2D eigenvalue weighted by atomic mass is 9.79. The molecule has 2 heterocycles. The number of nitrogens with zero attached hydrogens (tertiary/aromatic N) is 1. The number of hydrogen-bond acceptors (Lipinski definition) is 3. The lowest BCUT2D eigenvalue weighted by Gasteiger charge is -2.40. The van der Waals surface area contributed by atoms with Crippen molar-refractivity contribution in [3.05, 3.63) is 101 Å². The first kappa shape index (κ1) is 20.8. The Hall–Kier alpha value is -4.06. The average molecular weight is 440 g/mol. The lowest BCUT2D eigenvalue weighted by Crippen LogP contribution is -2.45. The molecule has 6 nitrogen and oxygen atoms in total. The molecule has 166 valence electrons. The summed E-state index contributed by atoms with van der Waals surface area (Å²) in [5, 5.41) is 11.2. The van der Waals surface area contributed by atoms with E-state index >= 15 is 0 Å². The van der Waals surface area contributed by atoms with E-state index in [1.807, 2.05) is 54.7 Å². The van der Waals surface area contributed by atoms with Crippen molar-refractivity contribution in [2.75, 3.05) is 13.7 Å². The van der Waals surface area contributed by atoms with Crippen molar-refractivity contribution in [1.82, 2.24) is 9.88 Å². The summed E-state index contributed by atoms with van der Waals surface area (Å²) in [5.74, 6) is -1.22. The average Bonchev–Trinajstić information content (AvgIpc) is 3.27. The zero-order valence-electron chi connectivity index (χ0n) is 18.2. The summed E-state index contributed by atoms with van der Waals surface area (Å²) in [6.07, 6.45) is 2.42. The summed E-state index contributed by atoms with van der Waals surface area (Å²) >= 11 is 0. The third kappa shape index (κ3) is 3.63. The standard InChI is InChI=1S/C27H24N2O4/c1-33-18-8-6-7-17(15-18)13-14-29-25(22-16-28-23-12-5-4-9-19(22)23)24(27(31)32)20-10-2-3-11-21(20)26(29)30/h2-12,15-16,24-25,28H,13-14H2,1H3,(H,31,32). The predicted octanol–water partition coefficient (Wildman–Crippen LogP) is 4.78. The molecule has 0 fully saturated rings. The minimum Gasteiger partial charge on any atom is -0.497 e. The molecule has 4 aromatic rings. The molecule has 3 aromatic carbocycles. The van der Waals surface area contributed by atoms with Gasteiger partial charge in [0.1, 0.15) is 11.7 Å². The Morgan fingerprint density at radius 3 is 2.64 bits per heavy atom. The third-order valence-corrected chi connectivity index (χ3v) is 6.42. The summed E-state index contributed by atoms with van der Waals surface area (Å²) < 4.78 is 5.33. The lowest BCUT2D eigenvalue weighted by molar-refractivity contribution is -0.140. The largest absolute Gasteiger partial charge is 0.497 e. The van der Waals surface area contributed by atoms with Crippen LogP contribution in [-0.2, 0) is 11.2 Å². The van der Waals surface area contributed by atoms with E-state index in [9.17, 15) is 14.7 Å². The fraction of sp³-hybridized carbons (Fsp3) is 0.185. The fourth-order valence-electron chi connectivity index (χ4n) is 4.87. The Morgan fingerprint density at radius 2 is 1.82 bits per heavy atom. The molecule has 2 N–H and O–H groups in total. The summed E-state index contributed by atoms with van der Waals surface area (Å²) in [4.78, 5) is 31.2. The number of nitrogens with one attached hydrogen (secondary N) is 1. The normalized spacial score (nSPS) is 17.7. The van der Waals surface area contributed by atoms with Crippen molar-refractivity contribution in [2.24, 2.45) is 0 Å². The molecule has 33 heavy (non-hydrogen) atoms.